The number of carbonyl (C=O) groups excluding carboxylic acids is 2. The van der Waals surface area contributed by atoms with E-state index >= 15 is 0 Å². The predicted octanol–water partition coefficient (Wildman–Crippen LogP) is 8.94. The third-order valence-electron chi connectivity index (χ3n) is 7.49. The molecule has 0 amide bonds. The second-order valence-corrected chi connectivity index (χ2v) is 13.2. The molecule has 0 radical (unpaired) electrons. The molecule has 0 rings (SSSR count). The molecule has 0 aromatic rings. The predicted molar refractivity (Wildman–Crippen MR) is 174 cm³/mol. The lowest BCUT2D eigenvalue weighted by molar-refractivity contribution is -0.161. The summed E-state index contributed by atoms with van der Waals surface area (Å²) < 4.78 is 32.5. The summed E-state index contributed by atoms with van der Waals surface area (Å²) in [4.78, 5) is 34.5. The second-order valence-electron chi connectivity index (χ2n) is 11.8. The second kappa shape index (κ2) is 31.0. The van der Waals surface area contributed by atoms with Crippen molar-refractivity contribution in [2.24, 2.45) is 5.73 Å². The minimum atomic E-state index is -4.35. The Morgan fingerprint density at radius 3 is 1.42 bits per heavy atom. The summed E-state index contributed by atoms with van der Waals surface area (Å²) in [5, 5.41) is 0. The van der Waals surface area contributed by atoms with E-state index in [1.165, 1.54) is 103 Å². The van der Waals surface area contributed by atoms with Gasteiger partial charge in [-0.3, -0.25) is 18.6 Å². The maximum atomic E-state index is 12.4. The van der Waals surface area contributed by atoms with Crippen molar-refractivity contribution in [1.29, 1.82) is 0 Å². The molecule has 0 aromatic carbocycles. The monoisotopic (exact) mass is 635 g/mol. The first-order chi connectivity index (χ1) is 20.8. The summed E-state index contributed by atoms with van der Waals surface area (Å²) in [7, 11) is -4.35. The van der Waals surface area contributed by atoms with Gasteiger partial charge >= 0.3 is 19.8 Å². The fourth-order valence-corrected chi connectivity index (χ4v) is 5.63. The highest BCUT2D eigenvalue weighted by Crippen LogP contribution is 2.43. The molecule has 256 valence electrons. The van der Waals surface area contributed by atoms with Gasteiger partial charge in [-0.25, -0.2) is 4.57 Å². The molecular weight excluding hydrogens is 569 g/mol. The maximum absolute atomic E-state index is 12.4. The summed E-state index contributed by atoms with van der Waals surface area (Å²) in [5.41, 5.74) is 5.31. The Kier molecular flexibility index (Phi) is 30.3. The first kappa shape index (κ1) is 42.0. The van der Waals surface area contributed by atoms with Crippen LogP contribution in [0, 0.1) is 0 Å². The van der Waals surface area contributed by atoms with E-state index in [-0.39, 0.29) is 38.6 Å². The fourth-order valence-electron chi connectivity index (χ4n) is 4.87. The van der Waals surface area contributed by atoms with Gasteiger partial charge in [0.1, 0.15) is 6.61 Å². The average Bonchev–Trinajstić information content (AvgIpc) is 2.99. The molecule has 0 spiro atoms. The van der Waals surface area contributed by atoms with E-state index in [1.54, 1.807) is 0 Å². The van der Waals surface area contributed by atoms with Crippen LogP contribution < -0.4 is 5.73 Å². The number of hydrogen-bond donors (Lipinski definition) is 2. The molecular formula is C33H66NO8P. The number of ether oxygens (including phenoxy) is 2. The van der Waals surface area contributed by atoms with E-state index in [1.807, 2.05) is 0 Å². The molecule has 10 heteroatoms. The Morgan fingerprint density at radius 2 is 1.00 bits per heavy atom. The third kappa shape index (κ3) is 30.8. The molecule has 9 nitrogen and oxygen atoms in total. The van der Waals surface area contributed by atoms with Crippen LogP contribution in [0.15, 0.2) is 0 Å². The fraction of sp³-hybridized carbons (Fsp3) is 0.939. The summed E-state index contributed by atoms with van der Waals surface area (Å²) in [5.74, 6) is -0.824. The zero-order chi connectivity index (χ0) is 31.9. The zero-order valence-corrected chi connectivity index (χ0v) is 28.6. The Hall–Kier alpha value is -0.990. The quantitative estimate of drug-likeness (QED) is 0.0411. The van der Waals surface area contributed by atoms with Gasteiger partial charge < -0.3 is 20.1 Å². The number of unbranched alkanes of at least 4 members (excludes halogenated alkanes) is 20. The van der Waals surface area contributed by atoms with Gasteiger partial charge in [0.05, 0.1) is 13.2 Å². The van der Waals surface area contributed by atoms with Crippen LogP contribution in [-0.4, -0.2) is 49.3 Å². The van der Waals surface area contributed by atoms with Crippen LogP contribution in [-0.2, 0) is 32.7 Å². The minimum absolute atomic E-state index is 0.0575. The standard InChI is InChI=1S/C33H66NO8P/c1-3-5-7-9-11-13-15-17-19-21-23-25-32(35)39-29-31(30-41-43(37,38)40-28-27-34)42-33(36)26-24-22-20-18-16-14-12-10-8-6-4-2/h31H,3-30,34H2,1-2H3,(H,37,38)/t31-/m0/s1. The number of phosphoric acid groups is 1. The van der Waals surface area contributed by atoms with Crippen molar-refractivity contribution in [2.75, 3.05) is 26.4 Å². The number of hydrogen-bond acceptors (Lipinski definition) is 8. The van der Waals surface area contributed by atoms with Gasteiger partial charge in [-0.1, -0.05) is 142 Å². The highest BCUT2D eigenvalue weighted by molar-refractivity contribution is 7.47. The molecule has 0 aliphatic heterocycles. The van der Waals surface area contributed by atoms with E-state index in [0.717, 1.165) is 32.1 Å². The van der Waals surface area contributed by atoms with Crippen molar-refractivity contribution >= 4 is 19.8 Å². The number of esters is 2. The SMILES string of the molecule is CCCCCCCCCCCCCC(=O)OC[C@@H](COP(=O)(O)OCCN)OC(=O)CCCCCCCCCCCCC. The van der Waals surface area contributed by atoms with Gasteiger partial charge in [0.25, 0.3) is 0 Å². The van der Waals surface area contributed by atoms with E-state index in [2.05, 4.69) is 13.8 Å². The van der Waals surface area contributed by atoms with Crippen molar-refractivity contribution in [3.8, 4) is 0 Å². The molecule has 0 saturated carbocycles. The van der Waals surface area contributed by atoms with Crippen molar-refractivity contribution in [2.45, 2.75) is 174 Å². The van der Waals surface area contributed by atoms with Gasteiger partial charge in [0, 0.05) is 19.4 Å². The lowest BCUT2D eigenvalue weighted by Gasteiger charge is -2.19. The van der Waals surface area contributed by atoms with Gasteiger partial charge in [0.2, 0.25) is 0 Å². The molecule has 3 N–H and O–H groups in total. The summed E-state index contributed by atoms with van der Waals surface area (Å²) >= 11 is 0. The molecule has 0 saturated heterocycles. The first-order valence-corrected chi connectivity index (χ1v) is 19.0. The molecule has 1 unspecified atom stereocenters. The lowest BCUT2D eigenvalue weighted by Crippen LogP contribution is -2.29. The summed E-state index contributed by atoms with van der Waals surface area (Å²) in [6.07, 6.45) is 25.6. The van der Waals surface area contributed by atoms with Crippen LogP contribution in [0.2, 0.25) is 0 Å². The van der Waals surface area contributed by atoms with Crippen LogP contribution in [0.25, 0.3) is 0 Å². The van der Waals surface area contributed by atoms with Gasteiger partial charge in [0.15, 0.2) is 6.10 Å². The highest BCUT2D eigenvalue weighted by atomic mass is 31.2. The van der Waals surface area contributed by atoms with Crippen molar-refractivity contribution in [3.05, 3.63) is 0 Å². The van der Waals surface area contributed by atoms with Crippen molar-refractivity contribution < 1.29 is 37.6 Å². The molecule has 0 aromatic heterocycles. The first-order valence-electron chi connectivity index (χ1n) is 17.5. The normalized spacial score (nSPS) is 13.5. The lowest BCUT2D eigenvalue weighted by atomic mass is 10.1. The minimum Gasteiger partial charge on any atom is -0.462 e. The Labute approximate surface area is 263 Å². The van der Waals surface area contributed by atoms with E-state index < -0.39 is 26.5 Å². The summed E-state index contributed by atoms with van der Waals surface area (Å²) in [6, 6.07) is 0. The van der Waals surface area contributed by atoms with E-state index in [4.69, 9.17) is 24.3 Å². The van der Waals surface area contributed by atoms with Gasteiger partial charge in [-0.05, 0) is 12.8 Å². The average molecular weight is 636 g/mol. The van der Waals surface area contributed by atoms with E-state index in [0.29, 0.717) is 6.42 Å². The number of carbonyl (C=O) groups is 2. The van der Waals surface area contributed by atoms with Crippen LogP contribution in [0.5, 0.6) is 0 Å². The van der Waals surface area contributed by atoms with Crippen LogP contribution in [0.4, 0.5) is 0 Å². The van der Waals surface area contributed by atoms with Gasteiger partial charge in [-0.15, -0.1) is 0 Å². The Balaban J connectivity index is 4.25. The number of nitrogens with two attached hydrogens (primary N) is 1. The molecule has 2 atom stereocenters. The van der Waals surface area contributed by atoms with Gasteiger partial charge in [-0.2, -0.15) is 0 Å². The zero-order valence-electron chi connectivity index (χ0n) is 27.7. The topological polar surface area (TPSA) is 134 Å². The highest BCUT2D eigenvalue weighted by Gasteiger charge is 2.25. The largest absolute Gasteiger partial charge is 0.472 e. The molecule has 0 fully saturated rings. The molecule has 0 aliphatic rings. The Bertz CT molecular complexity index is 694. The molecule has 0 heterocycles. The van der Waals surface area contributed by atoms with Crippen molar-refractivity contribution in [1.82, 2.24) is 0 Å². The third-order valence-corrected chi connectivity index (χ3v) is 8.48. The smallest absolute Gasteiger partial charge is 0.462 e. The van der Waals surface area contributed by atoms with Crippen LogP contribution in [0.1, 0.15) is 168 Å². The Morgan fingerprint density at radius 1 is 0.605 bits per heavy atom. The molecule has 0 bridgehead atoms. The van der Waals surface area contributed by atoms with E-state index in [9.17, 15) is 19.0 Å². The molecule has 43 heavy (non-hydrogen) atoms. The summed E-state index contributed by atoms with van der Waals surface area (Å²) in [6.45, 7) is 3.71. The van der Waals surface area contributed by atoms with Crippen molar-refractivity contribution in [3.63, 3.8) is 0 Å². The van der Waals surface area contributed by atoms with Crippen LogP contribution >= 0.6 is 7.82 Å². The number of rotatable bonds is 33. The number of phosphoric ester groups is 1. The molecule has 0 aliphatic carbocycles. The van der Waals surface area contributed by atoms with Crippen LogP contribution in [0.3, 0.4) is 0 Å². The maximum Gasteiger partial charge on any atom is 0.472 e.